The van der Waals surface area contributed by atoms with Crippen molar-refractivity contribution in [1.82, 2.24) is 19.9 Å². The Hall–Kier alpha value is -6.10. The largest absolute Gasteiger partial charge is 0.493 e. The van der Waals surface area contributed by atoms with E-state index in [9.17, 15) is 9.59 Å². The standard InChI is InChI=1S/C34H26FN5O5/c1-43-30-17-24-27(18-31(30)44-2)36-14-11-28(24)45-29-10-9-23(16-26(29)35)40(20-21-7-4-3-5-8-21)34(42)25-15-22(19-39-33(25)41)32-37-12-6-13-38-32/h3-19H,20H2,1-2H3,(H,39,41). The molecule has 6 rings (SSSR count). The quantitative estimate of drug-likeness (QED) is 0.208. The van der Waals surface area contributed by atoms with Crippen LogP contribution in [0.25, 0.3) is 22.3 Å². The Morgan fingerprint density at radius 2 is 1.58 bits per heavy atom. The zero-order valence-electron chi connectivity index (χ0n) is 24.2. The molecule has 0 aliphatic heterocycles. The molecular weight excluding hydrogens is 577 g/mol. The molecule has 0 radical (unpaired) electrons. The maximum Gasteiger partial charge on any atom is 0.264 e. The summed E-state index contributed by atoms with van der Waals surface area (Å²) in [5, 5.41) is 0.584. The number of anilines is 1. The van der Waals surface area contributed by atoms with Crippen LogP contribution in [0.3, 0.4) is 0 Å². The number of ether oxygens (including phenoxy) is 3. The molecular formula is C34H26FN5O5. The molecule has 45 heavy (non-hydrogen) atoms. The van der Waals surface area contributed by atoms with Gasteiger partial charge in [-0.1, -0.05) is 30.3 Å². The normalized spacial score (nSPS) is 10.8. The van der Waals surface area contributed by atoms with Crippen LogP contribution >= 0.6 is 0 Å². The van der Waals surface area contributed by atoms with Crippen LogP contribution in [0.2, 0.25) is 0 Å². The molecule has 3 aromatic carbocycles. The monoisotopic (exact) mass is 603 g/mol. The van der Waals surface area contributed by atoms with Crippen LogP contribution in [-0.4, -0.2) is 40.1 Å². The minimum atomic E-state index is -0.718. The fourth-order valence-corrected chi connectivity index (χ4v) is 4.81. The van der Waals surface area contributed by atoms with Crippen LogP contribution in [0.5, 0.6) is 23.0 Å². The average molecular weight is 604 g/mol. The van der Waals surface area contributed by atoms with Gasteiger partial charge in [-0.05, 0) is 42.0 Å². The second kappa shape index (κ2) is 12.6. The molecule has 0 unspecified atom stereocenters. The van der Waals surface area contributed by atoms with Gasteiger partial charge in [-0.15, -0.1) is 0 Å². The summed E-state index contributed by atoms with van der Waals surface area (Å²) in [6, 6.07) is 21.5. The number of rotatable bonds is 9. The van der Waals surface area contributed by atoms with Crippen molar-refractivity contribution in [2.45, 2.75) is 6.54 Å². The first-order valence-corrected chi connectivity index (χ1v) is 13.8. The van der Waals surface area contributed by atoms with Gasteiger partial charge in [0.15, 0.2) is 28.9 Å². The number of amides is 1. The van der Waals surface area contributed by atoms with Crippen molar-refractivity contribution in [1.29, 1.82) is 0 Å². The van der Waals surface area contributed by atoms with Crippen molar-refractivity contribution >= 4 is 22.5 Å². The predicted molar refractivity (Wildman–Crippen MR) is 166 cm³/mol. The summed E-state index contributed by atoms with van der Waals surface area (Å²) in [5.74, 6) is 0.215. The number of halogens is 1. The van der Waals surface area contributed by atoms with E-state index in [1.54, 1.807) is 48.9 Å². The topological polar surface area (TPSA) is 120 Å². The van der Waals surface area contributed by atoms with Crippen molar-refractivity contribution in [3.8, 4) is 34.4 Å². The molecule has 1 N–H and O–H groups in total. The number of carbonyl (C=O) groups is 1. The molecule has 10 nitrogen and oxygen atoms in total. The number of aromatic amines is 1. The second-order valence-corrected chi connectivity index (χ2v) is 9.83. The van der Waals surface area contributed by atoms with E-state index in [1.165, 1.54) is 43.5 Å². The summed E-state index contributed by atoms with van der Waals surface area (Å²) in [7, 11) is 3.04. The maximum atomic E-state index is 15.7. The number of nitrogens with zero attached hydrogens (tertiary/aromatic N) is 4. The zero-order valence-corrected chi connectivity index (χ0v) is 24.2. The molecule has 0 spiro atoms. The molecule has 0 bridgehead atoms. The minimum Gasteiger partial charge on any atom is -0.493 e. The number of fused-ring (bicyclic) bond motifs is 1. The highest BCUT2D eigenvalue weighted by Gasteiger charge is 2.24. The van der Waals surface area contributed by atoms with Crippen molar-refractivity contribution in [3.05, 3.63) is 131 Å². The summed E-state index contributed by atoms with van der Waals surface area (Å²) < 4.78 is 32.5. The fraction of sp³-hybridized carbons (Fsp3) is 0.0882. The Bertz CT molecular complexity index is 2050. The molecule has 224 valence electrons. The highest BCUT2D eigenvalue weighted by Crippen LogP contribution is 2.38. The van der Waals surface area contributed by atoms with E-state index in [1.807, 2.05) is 30.3 Å². The Kier molecular flexibility index (Phi) is 8.14. The third-order valence-corrected chi connectivity index (χ3v) is 7.04. The van der Waals surface area contributed by atoms with Gasteiger partial charge >= 0.3 is 0 Å². The number of carbonyl (C=O) groups excluding carboxylic acids is 1. The van der Waals surface area contributed by atoms with Gasteiger partial charge in [0.25, 0.3) is 11.5 Å². The molecule has 0 aliphatic carbocycles. The molecule has 0 saturated carbocycles. The number of aromatic nitrogens is 4. The van der Waals surface area contributed by atoms with E-state index < -0.39 is 17.3 Å². The molecule has 6 aromatic rings. The molecule has 3 heterocycles. The number of nitrogens with one attached hydrogen (secondary N) is 1. The summed E-state index contributed by atoms with van der Waals surface area (Å²) in [5.41, 5.74) is 1.26. The Balaban J connectivity index is 1.37. The summed E-state index contributed by atoms with van der Waals surface area (Å²) in [6.07, 6.45) is 6.11. The summed E-state index contributed by atoms with van der Waals surface area (Å²) >= 11 is 0. The fourth-order valence-electron chi connectivity index (χ4n) is 4.81. The third kappa shape index (κ3) is 6.04. The number of H-pyrrole nitrogens is 1. The van der Waals surface area contributed by atoms with Crippen LogP contribution in [0.4, 0.5) is 10.1 Å². The average Bonchev–Trinajstić information content (AvgIpc) is 3.08. The van der Waals surface area contributed by atoms with Gasteiger partial charge in [-0.2, -0.15) is 0 Å². The number of hydrogen-bond donors (Lipinski definition) is 1. The molecule has 1 amide bonds. The molecule has 0 aliphatic rings. The Labute approximate surface area is 256 Å². The van der Waals surface area contributed by atoms with Gasteiger partial charge in [0.2, 0.25) is 0 Å². The minimum absolute atomic E-state index is 0.0709. The number of hydrogen-bond acceptors (Lipinski definition) is 8. The van der Waals surface area contributed by atoms with E-state index in [2.05, 4.69) is 19.9 Å². The van der Waals surface area contributed by atoms with Gasteiger partial charge in [0.1, 0.15) is 11.3 Å². The van der Waals surface area contributed by atoms with Gasteiger partial charge in [-0.25, -0.2) is 14.4 Å². The summed E-state index contributed by atoms with van der Waals surface area (Å²) in [4.78, 5) is 43.6. The van der Waals surface area contributed by atoms with Crippen LogP contribution < -0.4 is 24.7 Å². The van der Waals surface area contributed by atoms with E-state index >= 15 is 4.39 Å². The zero-order chi connectivity index (χ0) is 31.3. The van der Waals surface area contributed by atoms with Gasteiger partial charge in [0.05, 0.1) is 26.3 Å². The van der Waals surface area contributed by atoms with E-state index in [0.717, 1.165) is 5.56 Å². The van der Waals surface area contributed by atoms with Crippen molar-refractivity contribution in [2.75, 3.05) is 19.1 Å². The number of pyridine rings is 2. The maximum absolute atomic E-state index is 15.7. The molecule has 3 aromatic heterocycles. The lowest BCUT2D eigenvalue weighted by Crippen LogP contribution is -2.34. The molecule has 0 fully saturated rings. The van der Waals surface area contributed by atoms with E-state index in [4.69, 9.17) is 14.2 Å². The SMILES string of the molecule is COc1cc2nccc(Oc3ccc(N(Cc4ccccc4)C(=O)c4cc(-c5ncccn5)c[nH]c4=O)cc3F)c2cc1OC. The molecule has 0 atom stereocenters. The van der Waals surface area contributed by atoms with Crippen molar-refractivity contribution in [2.24, 2.45) is 0 Å². The van der Waals surface area contributed by atoms with Crippen LogP contribution in [0, 0.1) is 5.82 Å². The van der Waals surface area contributed by atoms with Gasteiger partial charge in [-0.3, -0.25) is 14.6 Å². The smallest absolute Gasteiger partial charge is 0.264 e. The predicted octanol–water partition coefficient (Wildman–Crippen LogP) is 6.18. The van der Waals surface area contributed by atoms with Crippen molar-refractivity contribution in [3.63, 3.8) is 0 Å². The second-order valence-electron chi connectivity index (χ2n) is 9.83. The van der Waals surface area contributed by atoms with Gasteiger partial charge in [0, 0.05) is 53.6 Å². The molecule has 0 saturated heterocycles. The van der Waals surface area contributed by atoms with Crippen LogP contribution in [0.15, 0.2) is 108 Å². The van der Waals surface area contributed by atoms with Crippen LogP contribution in [-0.2, 0) is 6.54 Å². The lowest BCUT2D eigenvalue weighted by molar-refractivity contribution is 0.0983. The first kappa shape index (κ1) is 29.0. The van der Waals surface area contributed by atoms with Crippen molar-refractivity contribution < 1.29 is 23.4 Å². The lowest BCUT2D eigenvalue weighted by atomic mass is 10.1. The highest BCUT2D eigenvalue weighted by molar-refractivity contribution is 6.06. The Morgan fingerprint density at radius 1 is 0.822 bits per heavy atom. The number of benzene rings is 3. The van der Waals surface area contributed by atoms with Crippen LogP contribution in [0.1, 0.15) is 15.9 Å². The van der Waals surface area contributed by atoms with E-state index in [0.29, 0.717) is 39.5 Å². The third-order valence-electron chi connectivity index (χ3n) is 7.04. The first-order valence-electron chi connectivity index (χ1n) is 13.8. The van der Waals surface area contributed by atoms with E-state index in [-0.39, 0.29) is 23.5 Å². The van der Waals surface area contributed by atoms with Gasteiger partial charge < -0.3 is 24.1 Å². The highest BCUT2D eigenvalue weighted by atomic mass is 19.1. The Morgan fingerprint density at radius 3 is 2.31 bits per heavy atom. The number of methoxy groups -OCH3 is 2. The first-order chi connectivity index (χ1) is 21.9. The molecule has 11 heteroatoms. The summed E-state index contributed by atoms with van der Waals surface area (Å²) in [6.45, 7) is 0.0709. The lowest BCUT2D eigenvalue weighted by Gasteiger charge is -2.23.